The van der Waals surface area contributed by atoms with Gasteiger partial charge in [-0.2, -0.15) is 13.2 Å². The van der Waals surface area contributed by atoms with Crippen LogP contribution in [0, 0.1) is 0 Å². The van der Waals surface area contributed by atoms with Crippen molar-refractivity contribution in [3.05, 3.63) is 35.4 Å². The molecule has 17 heavy (non-hydrogen) atoms. The maximum absolute atomic E-state index is 12.3. The maximum atomic E-state index is 12.3. The van der Waals surface area contributed by atoms with Crippen LogP contribution < -0.4 is 0 Å². The molecule has 5 heteroatoms. The fourth-order valence-electron chi connectivity index (χ4n) is 1.75. The summed E-state index contributed by atoms with van der Waals surface area (Å²) < 4.78 is 37.0. The number of aliphatic hydroxyl groups is 1. The zero-order chi connectivity index (χ0) is 13.3. The van der Waals surface area contributed by atoms with Crippen LogP contribution in [0.5, 0.6) is 0 Å². The van der Waals surface area contributed by atoms with Gasteiger partial charge in [0, 0.05) is 5.56 Å². The predicted molar refractivity (Wildman–Crippen MR) is 56.7 cm³/mol. The molecule has 1 unspecified atom stereocenters. The molecular formula is C12H13F3O2. The van der Waals surface area contributed by atoms with E-state index < -0.39 is 18.2 Å². The fourth-order valence-corrected chi connectivity index (χ4v) is 1.75. The SMILES string of the molecule is CC(=O)c1ccccc1C(C)(O)CC(F)(F)F. The van der Waals surface area contributed by atoms with E-state index in [1.165, 1.54) is 25.1 Å². The largest absolute Gasteiger partial charge is 0.392 e. The number of Topliss-reactive ketones (excluding diaryl/α,β-unsaturated/α-hetero) is 1. The van der Waals surface area contributed by atoms with Crippen LogP contribution in [-0.4, -0.2) is 17.1 Å². The molecule has 0 spiro atoms. The van der Waals surface area contributed by atoms with E-state index >= 15 is 0 Å². The van der Waals surface area contributed by atoms with Crippen molar-refractivity contribution >= 4 is 5.78 Å². The van der Waals surface area contributed by atoms with Gasteiger partial charge < -0.3 is 5.11 Å². The Labute approximate surface area is 97.1 Å². The molecule has 2 nitrogen and oxygen atoms in total. The number of carbonyl (C=O) groups is 1. The number of hydrogen-bond acceptors (Lipinski definition) is 2. The van der Waals surface area contributed by atoms with E-state index in [-0.39, 0.29) is 16.9 Å². The Morgan fingerprint density at radius 1 is 1.29 bits per heavy atom. The van der Waals surface area contributed by atoms with Crippen LogP contribution in [0.3, 0.4) is 0 Å². The summed E-state index contributed by atoms with van der Waals surface area (Å²) in [6.07, 6.45) is -5.88. The molecule has 1 rings (SSSR count). The highest BCUT2D eigenvalue weighted by molar-refractivity contribution is 5.95. The molecule has 1 atom stereocenters. The number of carbonyl (C=O) groups excluding carboxylic acids is 1. The third-order valence-corrected chi connectivity index (χ3v) is 2.43. The van der Waals surface area contributed by atoms with Gasteiger partial charge in [-0.3, -0.25) is 4.79 Å². The van der Waals surface area contributed by atoms with Crippen molar-refractivity contribution in [2.24, 2.45) is 0 Å². The second-order valence-electron chi connectivity index (χ2n) is 4.17. The van der Waals surface area contributed by atoms with Crippen molar-refractivity contribution < 1.29 is 23.1 Å². The first-order valence-electron chi connectivity index (χ1n) is 5.03. The summed E-state index contributed by atoms with van der Waals surface area (Å²) in [5.41, 5.74) is -1.98. The van der Waals surface area contributed by atoms with Crippen LogP contribution in [0.25, 0.3) is 0 Å². The maximum Gasteiger partial charge on any atom is 0.392 e. The minimum Gasteiger partial charge on any atom is -0.385 e. The minimum absolute atomic E-state index is 0.00447. The summed E-state index contributed by atoms with van der Waals surface area (Å²) in [5, 5.41) is 9.88. The van der Waals surface area contributed by atoms with Crippen LogP contribution >= 0.6 is 0 Å². The van der Waals surface area contributed by atoms with Crippen LogP contribution in [-0.2, 0) is 5.60 Å². The van der Waals surface area contributed by atoms with Crippen molar-refractivity contribution in [1.82, 2.24) is 0 Å². The Balaban J connectivity index is 3.19. The summed E-state index contributed by atoms with van der Waals surface area (Å²) in [5.74, 6) is -0.372. The monoisotopic (exact) mass is 246 g/mol. The molecule has 0 saturated carbocycles. The van der Waals surface area contributed by atoms with Gasteiger partial charge >= 0.3 is 6.18 Å². The minimum atomic E-state index is -4.49. The first-order valence-corrected chi connectivity index (χ1v) is 5.03. The number of alkyl halides is 3. The lowest BCUT2D eigenvalue weighted by Crippen LogP contribution is -2.30. The third-order valence-electron chi connectivity index (χ3n) is 2.43. The van der Waals surface area contributed by atoms with E-state index in [0.29, 0.717) is 0 Å². The molecule has 0 aliphatic heterocycles. The van der Waals surface area contributed by atoms with Gasteiger partial charge in [0.25, 0.3) is 0 Å². The first kappa shape index (κ1) is 13.7. The van der Waals surface area contributed by atoms with Gasteiger partial charge in [-0.05, 0) is 19.4 Å². The molecule has 0 heterocycles. The number of halogens is 3. The Hall–Kier alpha value is -1.36. The molecule has 0 amide bonds. The molecule has 0 bridgehead atoms. The highest BCUT2D eigenvalue weighted by Gasteiger charge is 2.40. The second kappa shape index (κ2) is 4.49. The first-order chi connectivity index (χ1) is 7.63. The molecular weight excluding hydrogens is 233 g/mol. The van der Waals surface area contributed by atoms with Crippen molar-refractivity contribution in [2.75, 3.05) is 0 Å². The quantitative estimate of drug-likeness (QED) is 0.832. The molecule has 0 radical (unpaired) electrons. The summed E-state index contributed by atoms with van der Waals surface area (Å²) in [6.45, 7) is 2.31. The standard InChI is InChI=1S/C12H13F3O2/c1-8(16)9-5-3-4-6-10(9)11(2,17)7-12(13,14)15/h3-6,17H,7H2,1-2H3. The van der Waals surface area contributed by atoms with E-state index in [4.69, 9.17) is 0 Å². The summed E-state index contributed by atoms with van der Waals surface area (Å²) in [7, 11) is 0. The third kappa shape index (κ3) is 3.56. The van der Waals surface area contributed by atoms with E-state index in [0.717, 1.165) is 6.92 Å². The van der Waals surface area contributed by atoms with Crippen LogP contribution in [0.4, 0.5) is 13.2 Å². The van der Waals surface area contributed by atoms with Gasteiger partial charge in [0.05, 0.1) is 12.0 Å². The van der Waals surface area contributed by atoms with Crippen LogP contribution in [0.1, 0.15) is 36.2 Å². The normalized spacial score (nSPS) is 15.4. The van der Waals surface area contributed by atoms with Crippen molar-refractivity contribution in [1.29, 1.82) is 0 Å². The predicted octanol–water partition coefficient (Wildman–Crippen LogP) is 3.05. The smallest absolute Gasteiger partial charge is 0.385 e. The molecule has 0 aliphatic carbocycles. The molecule has 94 valence electrons. The van der Waals surface area contributed by atoms with Crippen LogP contribution in [0.2, 0.25) is 0 Å². The zero-order valence-electron chi connectivity index (χ0n) is 9.51. The lowest BCUT2D eigenvalue weighted by atomic mass is 9.87. The van der Waals surface area contributed by atoms with E-state index in [1.807, 2.05) is 0 Å². The van der Waals surface area contributed by atoms with Gasteiger partial charge in [-0.25, -0.2) is 0 Å². The molecule has 0 fully saturated rings. The van der Waals surface area contributed by atoms with Crippen molar-refractivity contribution in [2.45, 2.75) is 32.0 Å². The van der Waals surface area contributed by atoms with Crippen LogP contribution in [0.15, 0.2) is 24.3 Å². The van der Waals surface area contributed by atoms with Gasteiger partial charge in [0.2, 0.25) is 0 Å². The van der Waals surface area contributed by atoms with Crippen molar-refractivity contribution in [3.8, 4) is 0 Å². The van der Waals surface area contributed by atoms with E-state index in [1.54, 1.807) is 6.07 Å². The molecule has 1 aromatic carbocycles. The average Bonchev–Trinajstić information content (AvgIpc) is 2.14. The van der Waals surface area contributed by atoms with Crippen molar-refractivity contribution in [3.63, 3.8) is 0 Å². The Morgan fingerprint density at radius 3 is 2.29 bits per heavy atom. The van der Waals surface area contributed by atoms with E-state index in [2.05, 4.69) is 0 Å². The molecule has 0 saturated heterocycles. The van der Waals surface area contributed by atoms with E-state index in [9.17, 15) is 23.1 Å². The highest BCUT2D eigenvalue weighted by atomic mass is 19.4. The molecule has 0 aromatic heterocycles. The lowest BCUT2D eigenvalue weighted by Gasteiger charge is -2.26. The molecule has 1 aromatic rings. The molecule has 0 aliphatic rings. The fraction of sp³-hybridized carbons (Fsp3) is 0.417. The zero-order valence-corrected chi connectivity index (χ0v) is 9.51. The van der Waals surface area contributed by atoms with Gasteiger partial charge in [0.1, 0.15) is 0 Å². The second-order valence-corrected chi connectivity index (χ2v) is 4.17. The summed E-state index contributed by atoms with van der Waals surface area (Å²) in [4.78, 5) is 11.3. The Kier molecular flexibility index (Phi) is 3.62. The summed E-state index contributed by atoms with van der Waals surface area (Å²) >= 11 is 0. The van der Waals surface area contributed by atoms with Gasteiger partial charge in [-0.1, -0.05) is 24.3 Å². The average molecular weight is 246 g/mol. The Bertz CT molecular complexity index is 422. The van der Waals surface area contributed by atoms with Gasteiger partial charge in [-0.15, -0.1) is 0 Å². The Morgan fingerprint density at radius 2 is 1.82 bits per heavy atom. The number of rotatable bonds is 3. The number of ketones is 1. The number of benzene rings is 1. The summed E-state index contributed by atoms with van der Waals surface area (Å²) in [6, 6.07) is 5.78. The van der Waals surface area contributed by atoms with Gasteiger partial charge in [0.15, 0.2) is 5.78 Å². The lowest BCUT2D eigenvalue weighted by molar-refractivity contribution is -0.174. The molecule has 1 N–H and O–H groups in total. The highest BCUT2D eigenvalue weighted by Crippen LogP contribution is 2.35. The topological polar surface area (TPSA) is 37.3 Å². The number of hydrogen-bond donors (Lipinski definition) is 1.